The molecule has 0 bridgehead atoms. The van der Waals surface area contributed by atoms with Crippen LogP contribution in [0.1, 0.15) is 34.2 Å². The van der Waals surface area contributed by atoms with Crippen LogP contribution in [0, 0.1) is 11.6 Å². The van der Waals surface area contributed by atoms with Crippen molar-refractivity contribution in [3.8, 4) is 5.75 Å². The molecule has 30 heavy (non-hydrogen) atoms. The van der Waals surface area contributed by atoms with Crippen LogP contribution < -0.4 is 4.74 Å². The van der Waals surface area contributed by atoms with E-state index >= 15 is 0 Å². The zero-order chi connectivity index (χ0) is 20.7. The van der Waals surface area contributed by atoms with Crippen molar-refractivity contribution in [2.45, 2.75) is 25.6 Å². The van der Waals surface area contributed by atoms with E-state index in [1.807, 2.05) is 36.4 Å². The molecule has 6 heteroatoms. The number of ether oxygens (including phenoxy) is 1. The molecule has 2 aromatic heterocycles. The summed E-state index contributed by atoms with van der Waals surface area (Å²) >= 11 is 0. The molecule has 0 aliphatic carbocycles. The molecule has 4 aromatic rings. The lowest BCUT2D eigenvalue weighted by Crippen LogP contribution is -2.04. The van der Waals surface area contributed by atoms with Gasteiger partial charge in [-0.25, -0.2) is 8.78 Å². The van der Waals surface area contributed by atoms with Crippen LogP contribution in [0.4, 0.5) is 8.78 Å². The molecule has 4 nitrogen and oxygen atoms in total. The van der Waals surface area contributed by atoms with Gasteiger partial charge in [0.1, 0.15) is 18.5 Å². The van der Waals surface area contributed by atoms with Gasteiger partial charge in [-0.2, -0.15) is 0 Å². The number of aromatic nitrogens is 2. The van der Waals surface area contributed by atoms with E-state index in [1.54, 1.807) is 12.3 Å². The molecule has 0 amide bonds. The standard InChI is InChI=1S/C24H18F2N2O2/c25-19-11-15-5-7-17(28-21(15)12-20(19)26)6-3-14-4-8-22-18(10-14)24(29)23-16(13-30-22)2-1-9-27-23/h1-2,4-5,7-12,24,29H,3,6,13H2. The summed E-state index contributed by atoms with van der Waals surface area (Å²) in [6.07, 6.45) is 2.11. The largest absolute Gasteiger partial charge is 0.488 e. The number of nitrogens with zero attached hydrogens (tertiary/aromatic N) is 2. The Kier molecular flexibility index (Phi) is 4.64. The van der Waals surface area contributed by atoms with Crippen molar-refractivity contribution in [3.05, 3.63) is 101 Å². The molecule has 1 atom stereocenters. The minimum absolute atomic E-state index is 0.366. The number of hydrogen-bond donors (Lipinski definition) is 1. The van der Waals surface area contributed by atoms with Gasteiger partial charge in [0.05, 0.1) is 11.2 Å². The van der Waals surface area contributed by atoms with E-state index < -0.39 is 17.7 Å². The highest BCUT2D eigenvalue weighted by molar-refractivity contribution is 5.78. The molecule has 0 saturated heterocycles. The summed E-state index contributed by atoms with van der Waals surface area (Å²) in [6.45, 7) is 0.366. The van der Waals surface area contributed by atoms with Gasteiger partial charge in [0.2, 0.25) is 0 Å². The molecule has 0 spiro atoms. The van der Waals surface area contributed by atoms with E-state index in [9.17, 15) is 13.9 Å². The number of hydrogen-bond acceptors (Lipinski definition) is 4. The fourth-order valence-corrected chi connectivity index (χ4v) is 3.79. The normalized spacial score (nSPS) is 15.2. The Labute approximate surface area is 171 Å². The maximum atomic E-state index is 13.5. The molecule has 2 aromatic carbocycles. The molecule has 1 aliphatic rings. The average molecular weight is 404 g/mol. The summed E-state index contributed by atoms with van der Waals surface area (Å²) in [7, 11) is 0. The van der Waals surface area contributed by atoms with E-state index in [-0.39, 0.29) is 0 Å². The maximum absolute atomic E-state index is 13.5. The molecule has 3 heterocycles. The minimum Gasteiger partial charge on any atom is -0.488 e. The highest BCUT2D eigenvalue weighted by Crippen LogP contribution is 2.35. The smallest absolute Gasteiger partial charge is 0.161 e. The van der Waals surface area contributed by atoms with Crippen molar-refractivity contribution in [1.29, 1.82) is 0 Å². The van der Waals surface area contributed by atoms with E-state index in [1.165, 1.54) is 0 Å². The zero-order valence-corrected chi connectivity index (χ0v) is 16.0. The number of fused-ring (bicyclic) bond motifs is 3. The second-order valence-corrected chi connectivity index (χ2v) is 7.37. The Balaban J connectivity index is 1.39. The van der Waals surface area contributed by atoms with Gasteiger partial charge in [-0.3, -0.25) is 9.97 Å². The summed E-state index contributed by atoms with van der Waals surface area (Å²) in [4.78, 5) is 8.78. The van der Waals surface area contributed by atoms with Crippen molar-refractivity contribution < 1.29 is 18.6 Å². The molecule has 5 rings (SSSR count). The predicted octanol–water partition coefficient (Wildman–Crippen LogP) is 4.67. The van der Waals surface area contributed by atoms with Crippen LogP contribution >= 0.6 is 0 Å². The van der Waals surface area contributed by atoms with Gasteiger partial charge in [0, 0.05) is 34.5 Å². The maximum Gasteiger partial charge on any atom is 0.161 e. The van der Waals surface area contributed by atoms with Gasteiger partial charge >= 0.3 is 0 Å². The lowest BCUT2D eigenvalue weighted by Gasteiger charge is -2.13. The molecular weight excluding hydrogens is 386 g/mol. The summed E-state index contributed by atoms with van der Waals surface area (Å²) in [5.74, 6) is -1.13. The predicted molar refractivity (Wildman–Crippen MR) is 108 cm³/mol. The van der Waals surface area contributed by atoms with Gasteiger partial charge in [0.25, 0.3) is 0 Å². The first-order valence-corrected chi connectivity index (χ1v) is 9.70. The van der Waals surface area contributed by atoms with Crippen LogP contribution in [-0.4, -0.2) is 15.1 Å². The Morgan fingerprint density at radius 2 is 1.87 bits per heavy atom. The van der Waals surface area contributed by atoms with Gasteiger partial charge in [-0.15, -0.1) is 0 Å². The van der Waals surface area contributed by atoms with Crippen LogP contribution in [0.15, 0.2) is 60.8 Å². The van der Waals surface area contributed by atoms with Crippen molar-refractivity contribution in [2.24, 2.45) is 0 Å². The van der Waals surface area contributed by atoms with Crippen LogP contribution in [0.2, 0.25) is 0 Å². The average Bonchev–Trinajstić information content (AvgIpc) is 2.90. The van der Waals surface area contributed by atoms with Gasteiger partial charge in [-0.1, -0.05) is 18.2 Å². The Morgan fingerprint density at radius 1 is 1.00 bits per heavy atom. The molecular formula is C24H18F2N2O2. The van der Waals surface area contributed by atoms with Gasteiger partial charge in [-0.05, 0) is 48.7 Å². The molecule has 1 N–H and O–H groups in total. The zero-order valence-electron chi connectivity index (χ0n) is 16.0. The number of aliphatic hydroxyl groups is 1. The lowest BCUT2D eigenvalue weighted by atomic mass is 9.98. The fraction of sp³-hybridized carbons (Fsp3) is 0.167. The summed E-state index contributed by atoms with van der Waals surface area (Å²) in [6, 6.07) is 15.3. The molecule has 0 fully saturated rings. The topological polar surface area (TPSA) is 55.2 Å². The number of benzene rings is 2. The monoisotopic (exact) mass is 404 g/mol. The molecule has 150 valence electrons. The highest BCUT2D eigenvalue weighted by atomic mass is 19.2. The second-order valence-electron chi connectivity index (χ2n) is 7.37. The molecule has 0 radical (unpaired) electrons. The summed E-state index contributed by atoms with van der Waals surface area (Å²) < 4.78 is 32.7. The molecule has 0 saturated carbocycles. The van der Waals surface area contributed by atoms with Crippen molar-refractivity contribution in [1.82, 2.24) is 9.97 Å². The number of rotatable bonds is 3. The molecule has 1 aliphatic heterocycles. The van der Waals surface area contributed by atoms with Crippen LogP contribution in [0.5, 0.6) is 5.75 Å². The summed E-state index contributed by atoms with van der Waals surface area (Å²) in [5.41, 5.74) is 4.40. The first-order valence-electron chi connectivity index (χ1n) is 9.70. The van der Waals surface area contributed by atoms with Gasteiger partial charge in [0.15, 0.2) is 11.6 Å². The summed E-state index contributed by atoms with van der Waals surface area (Å²) in [5, 5.41) is 11.4. The van der Waals surface area contributed by atoms with E-state index in [0.717, 1.165) is 29.0 Å². The van der Waals surface area contributed by atoms with Crippen LogP contribution in [0.3, 0.4) is 0 Å². The molecule has 1 unspecified atom stereocenters. The second kappa shape index (κ2) is 7.46. The van der Waals surface area contributed by atoms with Crippen molar-refractivity contribution in [2.75, 3.05) is 0 Å². The fourth-order valence-electron chi connectivity index (χ4n) is 3.79. The number of aryl methyl sites for hydroxylation is 2. The van der Waals surface area contributed by atoms with E-state index in [0.29, 0.717) is 47.4 Å². The quantitative estimate of drug-likeness (QED) is 0.539. The van der Waals surface area contributed by atoms with Crippen LogP contribution in [-0.2, 0) is 19.4 Å². The minimum atomic E-state index is -0.902. The van der Waals surface area contributed by atoms with Gasteiger partial charge < -0.3 is 9.84 Å². The van der Waals surface area contributed by atoms with Crippen molar-refractivity contribution in [3.63, 3.8) is 0 Å². The van der Waals surface area contributed by atoms with E-state index in [2.05, 4.69) is 9.97 Å². The SMILES string of the molecule is OC1c2cc(CCc3ccc4cc(F)c(F)cc4n3)ccc2OCc2cccnc21. The lowest BCUT2D eigenvalue weighted by molar-refractivity contribution is 0.213. The third-order valence-corrected chi connectivity index (χ3v) is 5.40. The van der Waals surface area contributed by atoms with Crippen molar-refractivity contribution >= 4 is 10.9 Å². The van der Waals surface area contributed by atoms with Crippen LogP contribution in [0.25, 0.3) is 10.9 Å². The Hall–Kier alpha value is -3.38. The third kappa shape index (κ3) is 3.39. The first-order chi connectivity index (χ1) is 14.6. The number of aliphatic hydroxyl groups excluding tert-OH is 1. The third-order valence-electron chi connectivity index (χ3n) is 5.40. The highest BCUT2D eigenvalue weighted by Gasteiger charge is 2.24. The number of halogens is 2. The Morgan fingerprint density at radius 3 is 2.77 bits per heavy atom. The van der Waals surface area contributed by atoms with E-state index in [4.69, 9.17) is 4.74 Å². The number of pyridine rings is 2. The first kappa shape index (κ1) is 18.6. The Bertz CT molecular complexity index is 1260.